The number of hydrogen-bond acceptors (Lipinski definition) is 8. The third kappa shape index (κ3) is 5.29. The predicted molar refractivity (Wildman–Crippen MR) is 125 cm³/mol. The van der Waals surface area contributed by atoms with Gasteiger partial charge in [-0.3, -0.25) is 10.1 Å². The van der Waals surface area contributed by atoms with Crippen molar-refractivity contribution < 1.29 is 22.8 Å². The topological polar surface area (TPSA) is 138 Å². The standard InChI is InChI=1S/C22H25N5O6S/c1-32-19-7-5-16(21(10-19)33-2)12-25-34(30,31)22-9-18(27(28)29)6-8-20(22)26-14-17(13-24-26)23-11-15-3-4-15/h5-10,13-15,23,25H,3-4,11-12H2,1-2H3. The van der Waals surface area contributed by atoms with Crippen LogP contribution in [0.15, 0.2) is 53.7 Å². The van der Waals surface area contributed by atoms with E-state index in [-0.39, 0.29) is 22.8 Å². The van der Waals surface area contributed by atoms with Gasteiger partial charge in [0, 0.05) is 36.9 Å². The molecule has 0 atom stereocenters. The predicted octanol–water partition coefficient (Wildman–Crippen LogP) is 3.10. The summed E-state index contributed by atoms with van der Waals surface area (Å²) in [5, 5.41) is 18.9. The number of nitrogens with one attached hydrogen (secondary N) is 2. The van der Waals surface area contributed by atoms with Crippen molar-refractivity contribution in [2.75, 3.05) is 26.1 Å². The highest BCUT2D eigenvalue weighted by atomic mass is 32.2. The second-order valence-electron chi connectivity index (χ2n) is 7.91. The van der Waals surface area contributed by atoms with E-state index in [1.807, 2.05) is 0 Å². The third-order valence-electron chi connectivity index (χ3n) is 5.51. The Kier molecular flexibility index (Phi) is 6.70. The second kappa shape index (κ2) is 9.69. The zero-order chi connectivity index (χ0) is 24.3. The molecule has 0 amide bonds. The quantitative estimate of drug-likeness (QED) is 0.311. The molecule has 1 fully saturated rings. The van der Waals surface area contributed by atoms with E-state index in [9.17, 15) is 18.5 Å². The Bertz CT molecular complexity index is 1300. The maximum Gasteiger partial charge on any atom is 0.270 e. The van der Waals surface area contributed by atoms with Crippen LogP contribution in [0.5, 0.6) is 11.5 Å². The van der Waals surface area contributed by atoms with Crippen LogP contribution in [0.3, 0.4) is 0 Å². The number of nitrogens with zero attached hydrogens (tertiary/aromatic N) is 3. The first kappa shape index (κ1) is 23.5. The molecule has 0 saturated heterocycles. The summed E-state index contributed by atoms with van der Waals surface area (Å²) >= 11 is 0. The Labute approximate surface area is 196 Å². The third-order valence-corrected chi connectivity index (χ3v) is 6.94. The lowest BCUT2D eigenvalue weighted by molar-refractivity contribution is -0.385. The number of methoxy groups -OCH3 is 2. The Morgan fingerprint density at radius 1 is 1.18 bits per heavy atom. The molecule has 1 aromatic heterocycles. The molecule has 0 spiro atoms. The average Bonchev–Trinajstić information content (AvgIpc) is 3.56. The van der Waals surface area contributed by atoms with E-state index in [4.69, 9.17) is 9.47 Å². The van der Waals surface area contributed by atoms with Gasteiger partial charge in [-0.2, -0.15) is 5.10 Å². The first-order valence-electron chi connectivity index (χ1n) is 10.6. The number of aromatic nitrogens is 2. The van der Waals surface area contributed by atoms with Gasteiger partial charge in [0.2, 0.25) is 10.0 Å². The SMILES string of the molecule is COc1ccc(CNS(=O)(=O)c2cc([N+](=O)[O-])ccc2-n2cc(NCC3CC3)cn2)c(OC)c1. The minimum atomic E-state index is -4.16. The smallest absolute Gasteiger partial charge is 0.270 e. The number of hydrogen-bond donors (Lipinski definition) is 2. The average molecular weight is 488 g/mol. The Morgan fingerprint density at radius 2 is 1.97 bits per heavy atom. The normalized spacial score (nSPS) is 13.5. The van der Waals surface area contributed by atoms with Crippen molar-refractivity contribution >= 4 is 21.4 Å². The van der Waals surface area contributed by atoms with Crippen LogP contribution in [-0.4, -0.2) is 43.9 Å². The van der Waals surface area contributed by atoms with E-state index in [0.29, 0.717) is 23.0 Å². The van der Waals surface area contributed by atoms with Crippen LogP contribution in [0.1, 0.15) is 18.4 Å². The summed E-state index contributed by atoms with van der Waals surface area (Å²) in [7, 11) is -1.18. The number of sulfonamides is 1. The summed E-state index contributed by atoms with van der Waals surface area (Å²) < 4.78 is 40.9. The molecule has 1 aliphatic rings. The molecule has 0 bridgehead atoms. The first-order valence-corrected chi connectivity index (χ1v) is 12.1. The van der Waals surface area contributed by atoms with Crippen LogP contribution >= 0.6 is 0 Å². The number of rotatable bonds is 11. The molecule has 12 heteroatoms. The highest BCUT2D eigenvalue weighted by Crippen LogP contribution is 2.30. The lowest BCUT2D eigenvalue weighted by Crippen LogP contribution is -2.25. The Hall–Kier alpha value is -3.64. The van der Waals surface area contributed by atoms with Crippen molar-refractivity contribution in [2.24, 2.45) is 5.92 Å². The molecular formula is C22H25N5O6S. The number of nitro groups is 1. The van der Waals surface area contributed by atoms with Crippen LogP contribution in [0.2, 0.25) is 0 Å². The number of ether oxygens (including phenoxy) is 2. The van der Waals surface area contributed by atoms with Crippen molar-refractivity contribution in [3.05, 3.63) is 64.5 Å². The van der Waals surface area contributed by atoms with Gasteiger partial charge in [0.1, 0.15) is 16.4 Å². The molecule has 34 heavy (non-hydrogen) atoms. The molecule has 1 saturated carbocycles. The van der Waals surface area contributed by atoms with Crippen molar-refractivity contribution in [1.29, 1.82) is 0 Å². The summed E-state index contributed by atoms with van der Waals surface area (Å²) in [5.74, 6) is 1.66. The molecule has 1 heterocycles. The lowest BCUT2D eigenvalue weighted by Gasteiger charge is -2.14. The van der Waals surface area contributed by atoms with Gasteiger partial charge in [-0.25, -0.2) is 17.8 Å². The molecular weight excluding hydrogens is 462 g/mol. The zero-order valence-electron chi connectivity index (χ0n) is 18.7. The van der Waals surface area contributed by atoms with E-state index in [2.05, 4.69) is 15.1 Å². The lowest BCUT2D eigenvalue weighted by atomic mass is 10.2. The molecule has 3 aromatic rings. The van der Waals surface area contributed by atoms with Crippen LogP contribution in [-0.2, 0) is 16.6 Å². The van der Waals surface area contributed by atoms with Gasteiger partial charge in [0.25, 0.3) is 5.69 Å². The molecule has 1 aliphatic carbocycles. The van der Waals surface area contributed by atoms with Gasteiger partial charge in [-0.15, -0.1) is 0 Å². The van der Waals surface area contributed by atoms with Crippen LogP contribution in [0.4, 0.5) is 11.4 Å². The van der Waals surface area contributed by atoms with Crippen molar-refractivity contribution in [2.45, 2.75) is 24.3 Å². The van der Waals surface area contributed by atoms with E-state index in [1.165, 1.54) is 43.9 Å². The highest BCUT2D eigenvalue weighted by molar-refractivity contribution is 7.89. The van der Waals surface area contributed by atoms with Gasteiger partial charge in [0.05, 0.1) is 42.9 Å². The summed E-state index contributed by atoms with van der Waals surface area (Å²) in [6.07, 6.45) is 5.64. The number of nitro benzene ring substituents is 1. The van der Waals surface area contributed by atoms with Gasteiger partial charge in [-0.05, 0) is 30.9 Å². The summed E-state index contributed by atoms with van der Waals surface area (Å²) in [4.78, 5) is 10.4. The van der Waals surface area contributed by atoms with Crippen LogP contribution in [0.25, 0.3) is 5.69 Å². The fourth-order valence-electron chi connectivity index (χ4n) is 3.40. The highest BCUT2D eigenvalue weighted by Gasteiger charge is 2.25. The fourth-order valence-corrected chi connectivity index (χ4v) is 4.61. The molecule has 4 rings (SSSR count). The zero-order valence-corrected chi connectivity index (χ0v) is 19.5. The molecule has 0 aliphatic heterocycles. The second-order valence-corrected chi connectivity index (χ2v) is 9.64. The van der Waals surface area contributed by atoms with Gasteiger partial charge >= 0.3 is 0 Å². The van der Waals surface area contributed by atoms with Crippen LogP contribution < -0.4 is 19.5 Å². The molecule has 0 radical (unpaired) electrons. The summed E-state index contributed by atoms with van der Waals surface area (Å²) in [6.45, 7) is 0.729. The van der Waals surface area contributed by atoms with Gasteiger partial charge in [-0.1, -0.05) is 6.07 Å². The largest absolute Gasteiger partial charge is 0.497 e. The molecule has 0 unspecified atom stereocenters. The molecule has 180 valence electrons. The van der Waals surface area contributed by atoms with Crippen molar-refractivity contribution in [1.82, 2.24) is 14.5 Å². The van der Waals surface area contributed by atoms with Crippen molar-refractivity contribution in [3.63, 3.8) is 0 Å². The van der Waals surface area contributed by atoms with E-state index in [0.717, 1.165) is 18.3 Å². The van der Waals surface area contributed by atoms with Crippen molar-refractivity contribution in [3.8, 4) is 17.2 Å². The van der Waals surface area contributed by atoms with Gasteiger partial charge in [0.15, 0.2) is 0 Å². The molecule has 2 aromatic carbocycles. The minimum absolute atomic E-state index is 0.0923. The van der Waals surface area contributed by atoms with Gasteiger partial charge < -0.3 is 14.8 Å². The summed E-state index contributed by atoms with van der Waals surface area (Å²) in [6, 6.07) is 8.66. The Morgan fingerprint density at radius 3 is 2.65 bits per heavy atom. The number of non-ortho nitro benzene ring substituents is 1. The number of anilines is 1. The maximum absolute atomic E-state index is 13.3. The maximum atomic E-state index is 13.3. The Balaban J connectivity index is 1.63. The minimum Gasteiger partial charge on any atom is -0.497 e. The molecule has 2 N–H and O–H groups in total. The van der Waals surface area contributed by atoms with Crippen LogP contribution in [0, 0.1) is 16.0 Å². The summed E-state index contributed by atoms with van der Waals surface area (Å²) in [5.41, 5.74) is 1.17. The fraction of sp³-hybridized carbons (Fsp3) is 0.318. The molecule has 11 nitrogen and oxygen atoms in total. The monoisotopic (exact) mass is 487 g/mol. The van der Waals surface area contributed by atoms with E-state index in [1.54, 1.807) is 30.6 Å². The first-order chi connectivity index (χ1) is 16.3. The van der Waals surface area contributed by atoms with E-state index >= 15 is 0 Å². The van der Waals surface area contributed by atoms with E-state index < -0.39 is 14.9 Å². The number of benzene rings is 2.